The van der Waals surface area contributed by atoms with Crippen LogP contribution in [-0.2, 0) is 6.54 Å². The van der Waals surface area contributed by atoms with E-state index in [0.717, 1.165) is 5.56 Å². The normalized spacial score (nSPS) is 12.1. The van der Waals surface area contributed by atoms with Gasteiger partial charge in [0.15, 0.2) is 0 Å². The largest absolute Gasteiger partial charge is 0.573 e. The molecule has 4 rings (SSSR count). The number of aromatic nitrogens is 5. The summed E-state index contributed by atoms with van der Waals surface area (Å²) >= 11 is 0. The fourth-order valence-corrected chi connectivity index (χ4v) is 3.38. The Morgan fingerprint density at radius 2 is 1.84 bits per heavy atom. The molecule has 162 valence electrons. The highest BCUT2D eigenvalue weighted by atomic mass is 19.4. The average molecular weight is 431 g/mol. The quantitative estimate of drug-likeness (QED) is 0.465. The molecular weight excluding hydrogens is 411 g/mol. The number of alkyl halides is 3. The first-order valence-electron chi connectivity index (χ1n) is 9.69. The van der Waals surface area contributed by atoms with Crippen molar-refractivity contribution < 1.29 is 17.9 Å². The van der Waals surface area contributed by atoms with Gasteiger partial charge < -0.3 is 9.30 Å². The Hall–Kier alpha value is -3.56. The molecule has 0 aliphatic carbocycles. The molecule has 3 heterocycles. The maximum atomic E-state index is 13.3. The minimum atomic E-state index is -4.78. The summed E-state index contributed by atoms with van der Waals surface area (Å²) in [6, 6.07) is 5.31. The lowest BCUT2D eigenvalue weighted by Gasteiger charge is -2.12. The average Bonchev–Trinajstić information content (AvgIpc) is 3.36. The summed E-state index contributed by atoms with van der Waals surface area (Å²) in [5.41, 5.74) is 2.52. The Morgan fingerprint density at radius 3 is 2.42 bits per heavy atom. The first-order chi connectivity index (χ1) is 14.7. The second kappa shape index (κ2) is 7.60. The standard InChI is InChI=1S/C21H20F3N5O2/c1-4-27-12-25-18-17(14-9-26-29(10-14)13(2)3)11-28(20(30)19(18)27)15-5-7-16(8-6-15)31-21(22,23)24/h5-13H,4H2,1-3H3. The third-order valence-corrected chi connectivity index (χ3v) is 4.90. The van der Waals surface area contributed by atoms with Crippen LogP contribution in [0.3, 0.4) is 0 Å². The van der Waals surface area contributed by atoms with Gasteiger partial charge in [-0.3, -0.25) is 14.0 Å². The van der Waals surface area contributed by atoms with Crippen molar-refractivity contribution in [3.63, 3.8) is 0 Å². The van der Waals surface area contributed by atoms with Crippen LogP contribution in [0, 0.1) is 0 Å². The molecule has 0 bridgehead atoms. The Balaban J connectivity index is 1.89. The lowest BCUT2D eigenvalue weighted by Crippen LogP contribution is -2.21. The monoisotopic (exact) mass is 431 g/mol. The molecule has 1 aromatic carbocycles. The molecule has 31 heavy (non-hydrogen) atoms. The summed E-state index contributed by atoms with van der Waals surface area (Å²) in [5, 5.41) is 4.37. The number of fused-ring (bicyclic) bond motifs is 1. The van der Waals surface area contributed by atoms with Gasteiger partial charge >= 0.3 is 6.36 Å². The number of hydrogen-bond acceptors (Lipinski definition) is 4. The molecule has 0 fully saturated rings. The van der Waals surface area contributed by atoms with Gasteiger partial charge in [-0.25, -0.2) is 4.98 Å². The van der Waals surface area contributed by atoms with Crippen LogP contribution in [0.1, 0.15) is 26.8 Å². The first kappa shape index (κ1) is 20.7. The van der Waals surface area contributed by atoms with Gasteiger partial charge in [-0.1, -0.05) is 0 Å². The maximum absolute atomic E-state index is 13.3. The Kier molecular flexibility index (Phi) is 5.08. The molecule has 4 aromatic rings. The van der Waals surface area contributed by atoms with E-state index in [-0.39, 0.29) is 17.4 Å². The van der Waals surface area contributed by atoms with E-state index in [0.29, 0.717) is 28.8 Å². The number of pyridine rings is 1. The zero-order valence-corrected chi connectivity index (χ0v) is 17.1. The second-order valence-electron chi connectivity index (χ2n) is 7.29. The van der Waals surface area contributed by atoms with Gasteiger partial charge in [0, 0.05) is 41.8 Å². The highest BCUT2D eigenvalue weighted by Gasteiger charge is 2.31. The minimum absolute atomic E-state index is 0.157. The highest BCUT2D eigenvalue weighted by Crippen LogP contribution is 2.28. The van der Waals surface area contributed by atoms with E-state index >= 15 is 0 Å². The predicted molar refractivity (Wildman–Crippen MR) is 109 cm³/mol. The van der Waals surface area contributed by atoms with Crippen LogP contribution in [0.25, 0.3) is 27.8 Å². The number of halogens is 3. The van der Waals surface area contributed by atoms with Gasteiger partial charge in [-0.05, 0) is 45.0 Å². The van der Waals surface area contributed by atoms with Crippen LogP contribution < -0.4 is 10.3 Å². The molecule has 0 saturated heterocycles. The zero-order valence-electron chi connectivity index (χ0n) is 17.1. The van der Waals surface area contributed by atoms with Crippen molar-refractivity contribution in [3.8, 4) is 22.6 Å². The first-order valence-corrected chi connectivity index (χ1v) is 9.69. The maximum Gasteiger partial charge on any atom is 0.573 e. The van der Waals surface area contributed by atoms with Crippen molar-refractivity contribution in [2.24, 2.45) is 0 Å². The third kappa shape index (κ3) is 3.92. The number of benzene rings is 1. The fourth-order valence-electron chi connectivity index (χ4n) is 3.38. The lowest BCUT2D eigenvalue weighted by atomic mass is 10.1. The van der Waals surface area contributed by atoms with Gasteiger partial charge in [0.1, 0.15) is 16.8 Å². The molecule has 0 N–H and O–H groups in total. The molecule has 0 saturated carbocycles. The SMILES string of the molecule is CCn1cnc2c(-c3cnn(C(C)C)c3)cn(-c3ccc(OC(F)(F)F)cc3)c(=O)c21. The van der Waals surface area contributed by atoms with E-state index in [1.165, 1.54) is 28.8 Å². The predicted octanol–water partition coefficient (Wildman–Crippen LogP) is 4.55. The molecule has 0 spiro atoms. The smallest absolute Gasteiger partial charge is 0.406 e. The van der Waals surface area contributed by atoms with Crippen LogP contribution >= 0.6 is 0 Å². The van der Waals surface area contributed by atoms with Gasteiger partial charge in [0.25, 0.3) is 5.56 Å². The van der Waals surface area contributed by atoms with Gasteiger partial charge in [-0.15, -0.1) is 13.2 Å². The van der Waals surface area contributed by atoms with E-state index in [2.05, 4.69) is 14.8 Å². The number of aryl methyl sites for hydroxylation is 1. The van der Waals surface area contributed by atoms with E-state index < -0.39 is 6.36 Å². The molecule has 0 amide bonds. The molecule has 10 heteroatoms. The molecule has 0 atom stereocenters. The Bertz CT molecular complexity index is 1280. The van der Waals surface area contributed by atoms with Crippen molar-refractivity contribution in [2.75, 3.05) is 0 Å². The molecule has 0 aliphatic rings. The lowest BCUT2D eigenvalue weighted by molar-refractivity contribution is -0.274. The number of ether oxygens (including phenoxy) is 1. The number of hydrogen-bond donors (Lipinski definition) is 0. The Morgan fingerprint density at radius 1 is 1.13 bits per heavy atom. The molecular formula is C21H20F3N5O2. The van der Waals surface area contributed by atoms with Gasteiger partial charge in [-0.2, -0.15) is 5.10 Å². The van der Waals surface area contributed by atoms with Crippen LogP contribution in [0.4, 0.5) is 13.2 Å². The molecule has 0 aliphatic heterocycles. The van der Waals surface area contributed by atoms with Crippen LogP contribution in [-0.4, -0.2) is 30.3 Å². The van der Waals surface area contributed by atoms with Crippen LogP contribution in [0.5, 0.6) is 5.75 Å². The van der Waals surface area contributed by atoms with E-state index in [9.17, 15) is 18.0 Å². The number of rotatable bonds is 5. The van der Waals surface area contributed by atoms with Crippen molar-refractivity contribution in [1.29, 1.82) is 0 Å². The molecule has 7 nitrogen and oxygen atoms in total. The van der Waals surface area contributed by atoms with E-state index in [1.807, 2.05) is 27.0 Å². The summed E-state index contributed by atoms with van der Waals surface area (Å²) in [4.78, 5) is 17.7. The van der Waals surface area contributed by atoms with Crippen molar-refractivity contribution in [1.82, 2.24) is 23.9 Å². The molecule has 3 aromatic heterocycles. The highest BCUT2D eigenvalue weighted by molar-refractivity contribution is 5.91. The van der Waals surface area contributed by atoms with E-state index in [1.54, 1.807) is 28.0 Å². The van der Waals surface area contributed by atoms with E-state index in [4.69, 9.17) is 0 Å². The topological polar surface area (TPSA) is 66.9 Å². The second-order valence-corrected chi connectivity index (χ2v) is 7.29. The van der Waals surface area contributed by atoms with Crippen LogP contribution in [0.15, 0.2) is 54.0 Å². The Labute approximate surface area is 175 Å². The third-order valence-electron chi connectivity index (χ3n) is 4.90. The zero-order chi connectivity index (χ0) is 22.3. The summed E-state index contributed by atoms with van der Waals surface area (Å²) in [6.07, 6.45) is 2.04. The number of imidazole rings is 1. The van der Waals surface area contributed by atoms with Gasteiger partial charge in [0.05, 0.1) is 12.5 Å². The number of nitrogens with zero attached hydrogens (tertiary/aromatic N) is 5. The summed E-state index contributed by atoms with van der Waals surface area (Å²) in [7, 11) is 0. The van der Waals surface area contributed by atoms with Gasteiger partial charge in [0.2, 0.25) is 0 Å². The molecule has 0 unspecified atom stereocenters. The van der Waals surface area contributed by atoms with Crippen molar-refractivity contribution in [3.05, 3.63) is 59.5 Å². The van der Waals surface area contributed by atoms with Crippen molar-refractivity contribution in [2.45, 2.75) is 39.7 Å². The minimum Gasteiger partial charge on any atom is -0.406 e. The summed E-state index contributed by atoms with van der Waals surface area (Å²) < 4.78 is 46.2. The molecule has 0 radical (unpaired) electrons. The summed E-state index contributed by atoms with van der Waals surface area (Å²) in [5.74, 6) is -0.359. The van der Waals surface area contributed by atoms with Crippen molar-refractivity contribution >= 4 is 11.0 Å². The summed E-state index contributed by atoms with van der Waals surface area (Å²) in [6.45, 7) is 6.45. The van der Waals surface area contributed by atoms with Crippen LogP contribution in [0.2, 0.25) is 0 Å². The fraction of sp³-hybridized carbons (Fsp3) is 0.286.